The van der Waals surface area contributed by atoms with Crippen LogP contribution >= 0.6 is 24.8 Å². The Morgan fingerprint density at radius 3 is 2.71 bits per heavy atom. The van der Waals surface area contributed by atoms with E-state index in [1.807, 2.05) is 4.90 Å². The van der Waals surface area contributed by atoms with Crippen LogP contribution in [-0.4, -0.2) is 51.9 Å². The van der Waals surface area contributed by atoms with Crippen LogP contribution in [0.5, 0.6) is 0 Å². The number of carbonyl (C=O) groups is 1. The van der Waals surface area contributed by atoms with Crippen LogP contribution in [0.1, 0.15) is 38.5 Å². The van der Waals surface area contributed by atoms with E-state index in [4.69, 9.17) is 0 Å². The van der Waals surface area contributed by atoms with E-state index in [-0.39, 0.29) is 48.5 Å². The Labute approximate surface area is 176 Å². The van der Waals surface area contributed by atoms with Gasteiger partial charge in [0.1, 0.15) is 12.0 Å². The Kier molecular flexibility index (Phi) is 7.86. The van der Waals surface area contributed by atoms with Crippen molar-refractivity contribution in [2.45, 2.75) is 56.7 Å². The maximum absolute atomic E-state index is 12.9. The third kappa shape index (κ3) is 4.85. The van der Waals surface area contributed by atoms with Crippen LogP contribution in [0.25, 0.3) is 0 Å². The molecule has 1 saturated carbocycles. The Hall–Kier alpha value is -1.64. The molecule has 3 aliphatic rings. The van der Waals surface area contributed by atoms with E-state index in [1.165, 1.54) is 37.9 Å². The van der Waals surface area contributed by atoms with Crippen molar-refractivity contribution < 1.29 is 9.72 Å². The van der Waals surface area contributed by atoms with E-state index >= 15 is 0 Å². The number of nitrogens with one attached hydrogen (secondary N) is 2. The summed E-state index contributed by atoms with van der Waals surface area (Å²) in [4.78, 5) is 29.1. The van der Waals surface area contributed by atoms with E-state index in [0.29, 0.717) is 24.3 Å². The van der Waals surface area contributed by atoms with Gasteiger partial charge in [-0.1, -0.05) is 12.8 Å². The molecule has 3 fully saturated rings. The molecule has 1 amide bonds. The molecule has 0 spiro atoms. The van der Waals surface area contributed by atoms with Crippen molar-refractivity contribution >= 4 is 42.2 Å². The van der Waals surface area contributed by atoms with Gasteiger partial charge in [-0.25, -0.2) is 4.98 Å². The second-order valence-electron chi connectivity index (χ2n) is 7.68. The molecular formula is C18H27Cl2N5O3. The summed E-state index contributed by atoms with van der Waals surface area (Å²) in [6, 6.07) is 3.69. The number of anilines is 1. The average molecular weight is 432 g/mol. The van der Waals surface area contributed by atoms with Crippen LogP contribution in [-0.2, 0) is 4.79 Å². The lowest BCUT2D eigenvalue weighted by atomic mass is 9.85. The van der Waals surface area contributed by atoms with Crippen molar-refractivity contribution in [3.05, 3.63) is 28.4 Å². The van der Waals surface area contributed by atoms with Crippen LogP contribution in [0, 0.1) is 16.0 Å². The number of rotatable bonds is 4. The summed E-state index contributed by atoms with van der Waals surface area (Å²) < 4.78 is 0. The van der Waals surface area contributed by atoms with E-state index in [1.54, 1.807) is 6.07 Å². The van der Waals surface area contributed by atoms with Gasteiger partial charge in [-0.15, -0.1) is 24.8 Å². The van der Waals surface area contributed by atoms with Gasteiger partial charge in [0.25, 0.3) is 5.69 Å². The second kappa shape index (κ2) is 9.71. The molecule has 0 bridgehead atoms. The molecule has 10 heteroatoms. The lowest BCUT2D eigenvalue weighted by Gasteiger charge is -2.24. The van der Waals surface area contributed by atoms with E-state index in [9.17, 15) is 14.9 Å². The highest BCUT2D eigenvalue weighted by atomic mass is 35.5. The quantitative estimate of drug-likeness (QED) is 0.561. The van der Waals surface area contributed by atoms with Crippen molar-refractivity contribution in [1.29, 1.82) is 0 Å². The smallest absolute Gasteiger partial charge is 0.287 e. The van der Waals surface area contributed by atoms with Crippen LogP contribution in [0.15, 0.2) is 18.3 Å². The average Bonchev–Trinajstić information content (AvgIpc) is 3.28. The van der Waals surface area contributed by atoms with Gasteiger partial charge in [0.05, 0.1) is 11.0 Å². The number of hydrogen-bond acceptors (Lipinski definition) is 6. The first-order valence-electron chi connectivity index (χ1n) is 9.52. The molecule has 1 aliphatic carbocycles. The molecule has 1 aromatic rings. The number of fused-ring (bicyclic) bond motifs is 1. The number of amides is 1. The van der Waals surface area contributed by atoms with Crippen LogP contribution < -0.4 is 10.6 Å². The molecule has 2 saturated heterocycles. The van der Waals surface area contributed by atoms with Gasteiger partial charge in [0, 0.05) is 31.2 Å². The van der Waals surface area contributed by atoms with Gasteiger partial charge in [-0.05, 0) is 37.7 Å². The standard InChI is InChI=1S/C18H25N5O3.2ClH/c24-18(16-9-12-3-1-2-4-15(12)21-16)22-8-7-13(11-22)20-17-6-5-14(10-19-17)23(25)26;;/h5-6,10,12-13,15-16,21H,1-4,7-9,11H2,(H,19,20);2*1H. The maximum atomic E-state index is 12.9. The molecule has 4 atom stereocenters. The number of aromatic nitrogens is 1. The third-order valence-corrected chi connectivity index (χ3v) is 5.97. The van der Waals surface area contributed by atoms with Crippen molar-refractivity contribution in [3.8, 4) is 0 Å². The van der Waals surface area contributed by atoms with Gasteiger partial charge in [0.2, 0.25) is 5.91 Å². The SMILES string of the molecule is Cl.Cl.O=C(C1CC2CCCCC2N1)N1CCC(Nc2ccc([N+](=O)[O-])cn2)C1. The normalized spacial score (nSPS) is 28.6. The molecule has 8 nitrogen and oxygen atoms in total. The number of carbonyl (C=O) groups excluding carboxylic acids is 1. The van der Waals surface area contributed by atoms with Gasteiger partial charge in [0.15, 0.2) is 0 Å². The zero-order valence-electron chi connectivity index (χ0n) is 15.6. The van der Waals surface area contributed by atoms with Crippen molar-refractivity contribution in [3.63, 3.8) is 0 Å². The fourth-order valence-electron chi connectivity index (χ4n) is 4.60. The summed E-state index contributed by atoms with van der Waals surface area (Å²) in [6.07, 6.45) is 8.10. The maximum Gasteiger partial charge on any atom is 0.287 e. The number of likely N-dealkylation sites (tertiary alicyclic amines) is 1. The van der Waals surface area contributed by atoms with Crippen LogP contribution in [0.4, 0.5) is 11.5 Å². The monoisotopic (exact) mass is 431 g/mol. The second-order valence-corrected chi connectivity index (χ2v) is 7.68. The first-order valence-corrected chi connectivity index (χ1v) is 9.52. The number of pyridine rings is 1. The summed E-state index contributed by atoms with van der Waals surface area (Å²) in [5.74, 6) is 1.50. The fourth-order valence-corrected chi connectivity index (χ4v) is 4.60. The summed E-state index contributed by atoms with van der Waals surface area (Å²) in [6.45, 7) is 1.40. The number of nitrogens with zero attached hydrogens (tertiary/aromatic N) is 3. The lowest BCUT2D eigenvalue weighted by Crippen LogP contribution is -2.45. The molecule has 3 heterocycles. The van der Waals surface area contributed by atoms with Crippen molar-refractivity contribution in [2.75, 3.05) is 18.4 Å². The number of nitro groups is 1. The molecule has 4 unspecified atom stereocenters. The summed E-state index contributed by atoms with van der Waals surface area (Å²) in [5.41, 5.74) is -0.0208. The Balaban J connectivity index is 0.00000140. The van der Waals surface area contributed by atoms with Gasteiger partial charge < -0.3 is 15.5 Å². The summed E-state index contributed by atoms with van der Waals surface area (Å²) >= 11 is 0. The Bertz CT molecular complexity index is 676. The molecule has 0 radical (unpaired) electrons. The predicted molar refractivity (Wildman–Crippen MR) is 111 cm³/mol. The van der Waals surface area contributed by atoms with Crippen LogP contribution in [0.2, 0.25) is 0 Å². The molecule has 2 aliphatic heterocycles. The Morgan fingerprint density at radius 1 is 1.25 bits per heavy atom. The van der Waals surface area contributed by atoms with Crippen molar-refractivity contribution in [1.82, 2.24) is 15.2 Å². The zero-order valence-corrected chi connectivity index (χ0v) is 17.2. The minimum Gasteiger partial charge on any atom is -0.365 e. The van der Waals surface area contributed by atoms with Gasteiger partial charge in [-0.3, -0.25) is 14.9 Å². The third-order valence-electron chi connectivity index (χ3n) is 5.97. The lowest BCUT2D eigenvalue weighted by molar-refractivity contribution is -0.385. The van der Waals surface area contributed by atoms with Crippen molar-refractivity contribution in [2.24, 2.45) is 5.92 Å². The van der Waals surface area contributed by atoms with E-state index in [2.05, 4.69) is 15.6 Å². The van der Waals surface area contributed by atoms with E-state index < -0.39 is 4.92 Å². The minimum atomic E-state index is -0.459. The molecule has 28 heavy (non-hydrogen) atoms. The first-order chi connectivity index (χ1) is 12.6. The first kappa shape index (κ1) is 22.6. The molecule has 4 rings (SSSR count). The molecule has 0 aromatic carbocycles. The largest absolute Gasteiger partial charge is 0.365 e. The van der Waals surface area contributed by atoms with Crippen LogP contribution in [0.3, 0.4) is 0 Å². The molecule has 2 N–H and O–H groups in total. The molecule has 1 aromatic heterocycles. The zero-order chi connectivity index (χ0) is 18.1. The summed E-state index contributed by atoms with van der Waals surface area (Å²) in [7, 11) is 0. The number of halogens is 2. The highest BCUT2D eigenvalue weighted by Crippen LogP contribution is 2.34. The fraction of sp³-hybridized carbons (Fsp3) is 0.667. The molecular weight excluding hydrogens is 405 g/mol. The summed E-state index contributed by atoms with van der Waals surface area (Å²) in [5, 5.41) is 17.5. The van der Waals surface area contributed by atoms with Gasteiger partial charge >= 0.3 is 0 Å². The topological polar surface area (TPSA) is 100 Å². The highest BCUT2D eigenvalue weighted by molar-refractivity contribution is 5.85. The Morgan fingerprint density at radius 2 is 2.04 bits per heavy atom. The molecule has 156 valence electrons. The highest BCUT2D eigenvalue weighted by Gasteiger charge is 2.40. The number of hydrogen-bond donors (Lipinski definition) is 2. The minimum absolute atomic E-state index is 0. The van der Waals surface area contributed by atoms with E-state index in [0.717, 1.165) is 19.4 Å². The van der Waals surface area contributed by atoms with Gasteiger partial charge in [-0.2, -0.15) is 0 Å². The predicted octanol–water partition coefficient (Wildman–Crippen LogP) is 2.77.